The van der Waals surface area contributed by atoms with Crippen LogP contribution in [0.15, 0.2) is 54.6 Å². The first-order valence-electron chi connectivity index (χ1n) is 11.0. The van der Waals surface area contributed by atoms with Crippen molar-refractivity contribution in [1.82, 2.24) is 10.6 Å². The highest BCUT2D eigenvalue weighted by Crippen LogP contribution is 2.27. The van der Waals surface area contributed by atoms with E-state index >= 15 is 0 Å². The largest absolute Gasteiger partial charge is 0.497 e. The van der Waals surface area contributed by atoms with Crippen LogP contribution in [0.25, 0.3) is 0 Å². The molecule has 0 aliphatic heterocycles. The van der Waals surface area contributed by atoms with E-state index in [-0.39, 0.29) is 24.9 Å². The summed E-state index contributed by atoms with van der Waals surface area (Å²) in [4.78, 5) is 37.8. The van der Waals surface area contributed by atoms with Crippen molar-refractivity contribution in [2.45, 2.75) is 51.0 Å². The Hall–Kier alpha value is -3.39. The number of carbonyl (C=O) groups is 3. The van der Waals surface area contributed by atoms with Gasteiger partial charge in [-0.1, -0.05) is 42.5 Å². The predicted molar refractivity (Wildman–Crippen MR) is 121 cm³/mol. The molecule has 2 aromatic carbocycles. The number of benzene rings is 2. The molecule has 1 fully saturated rings. The van der Waals surface area contributed by atoms with Crippen LogP contribution in [0.4, 0.5) is 0 Å². The fraction of sp³-hybridized carbons (Fsp3) is 0.400. The van der Waals surface area contributed by atoms with Gasteiger partial charge >= 0.3 is 5.97 Å². The van der Waals surface area contributed by atoms with Gasteiger partial charge in [0.2, 0.25) is 11.8 Å². The predicted octanol–water partition coefficient (Wildman–Crippen LogP) is 1.74. The van der Waals surface area contributed by atoms with E-state index in [4.69, 9.17) is 9.47 Å². The number of nitrogens with one attached hydrogen (secondary N) is 2. The van der Waals surface area contributed by atoms with E-state index < -0.39 is 30.1 Å². The third-order valence-electron chi connectivity index (χ3n) is 5.66. The van der Waals surface area contributed by atoms with E-state index in [1.165, 1.54) is 0 Å². The van der Waals surface area contributed by atoms with Gasteiger partial charge in [-0.2, -0.15) is 0 Å². The minimum atomic E-state index is -0.931. The minimum Gasteiger partial charge on any atom is -0.497 e. The molecule has 2 atom stereocenters. The van der Waals surface area contributed by atoms with Crippen LogP contribution in [-0.2, 0) is 32.1 Å². The van der Waals surface area contributed by atoms with Crippen molar-refractivity contribution in [3.05, 3.63) is 65.7 Å². The van der Waals surface area contributed by atoms with Crippen molar-refractivity contribution >= 4 is 17.8 Å². The minimum absolute atomic E-state index is 0.0882. The van der Waals surface area contributed by atoms with Gasteiger partial charge in [0.15, 0.2) is 0 Å². The van der Waals surface area contributed by atoms with Crippen LogP contribution in [0.1, 0.15) is 30.9 Å². The lowest BCUT2D eigenvalue weighted by atomic mass is 9.82. The van der Waals surface area contributed by atoms with E-state index in [0.717, 1.165) is 11.1 Å². The van der Waals surface area contributed by atoms with Crippen LogP contribution in [0.5, 0.6) is 5.75 Å². The molecular formula is C25H30N2O6. The molecule has 1 saturated carbocycles. The number of aliphatic hydroxyl groups is 1. The first kappa shape index (κ1) is 24.3. The number of aliphatic hydroxyl groups excluding tert-OH is 1. The second-order valence-electron chi connectivity index (χ2n) is 8.26. The Balaban J connectivity index is 1.63. The zero-order valence-corrected chi connectivity index (χ0v) is 18.8. The number of ether oxygens (including phenoxy) is 2. The summed E-state index contributed by atoms with van der Waals surface area (Å²) < 4.78 is 10.6. The zero-order valence-electron chi connectivity index (χ0n) is 18.8. The van der Waals surface area contributed by atoms with E-state index in [0.29, 0.717) is 18.6 Å². The summed E-state index contributed by atoms with van der Waals surface area (Å²) in [6.45, 7) is 1.65. The molecule has 0 radical (unpaired) electrons. The van der Waals surface area contributed by atoms with Crippen LogP contribution >= 0.6 is 0 Å². The third kappa shape index (κ3) is 7.05. The van der Waals surface area contributed by atoms with Crippen LogP contribution < -0.4 is 15.4 Å². The number of amides is 2. The second-order valence-corrected chi connectivity index (χ2v) is 8.26. The number of carbonyl (C=O) groups excluding carboxylic acids is 3. The van der Waals surface area contributed by atoms with Crippen molar-refractivity contribution < 1.29 is 29.0 Å². The zero-order chi connectivity index (χ0) is 23.8. The van der Waals surface area contributed by atoms with E-state index in [1.807, 2.05) is 42.5 Å². The van der Waals surface area contributed by atoms with Crippen molar-refractivity contribution in [3.63, 3.8) is 0 Å². The maximum absolute atomic E-state index is 12.8. The van der Waals surface area contributed by atoms with Crippen molar-refractivity contribution in [2.75, 3.05) is 7.11 Å². The third-order valence-corrected chi connectivity index (χ3v) is 5.66. The molecule has 0 spiro atoms. The molecule has 3 N–H and O–H groups in total. The quantitative estimate of drug-likeness (QED) is 0.471. The summed E-state index contributed by atoms with van der Waals surface area (Å²) in [5.74, 6) is -0.937. The molecule has 2 aromatic rings. The number of hydrogen-bond donors (Lipinski definition) is 3. The Bertz CT molecular complexity index is 941. The molecule has 0 bridgehead atoms. The topological polar surface area (TPSA) is 114 Å². The van der Waals surface area contributed by atoms with E-state index in [1.54, 1.807) is 26.2 Å². The van der Waals surface area contributed by atoms with Crippen molar-refractivity contribution in [2.24, 2.45) is 5.92 Å². The summed E-state index contributed by atoms with van der Waals surface area (Å²) in [6, 6.07) is 14.7. The Labute approximate surface area is 193 Å². The highest BCUT2D eigenvalue weighted by molar-refractivity contribution is 5.91. The fourth-order valence-corrected chi connectivity index (χ4v) is 3.52. The van der Waals surface area contributed by atoms with Gasteiger partial charge in [0.05, 0.1) is 13.2 Å². The molecule has 0 saturated heterocycles. The van der Waals surface area contributed by atoms with Gasteiger partial charge in [0, 0.05) is 12.3 Å². The molecule has 1 aliphatic carbocycles. The summed E-state index contributed by atoms with van der Waals surface area (Å²) in [6.07, 6.45) is 0.551. The second kappa shape index (κ2) is 11.5. The molecule has 3 rings (SSSR count). The van der Waals surface area contributed by atoms with E-state index in [9.17, 15) is 19.5 Å². The van der Waals surface area contributed by atoms with Gasteiger partial charge < -0.3 is 25.2 Å². The monoisotopic (exact) mass is 454 g/mol. The van der Waals surface area contributed by atoms with Crippen LogP contribution in [-0.4, -0.2) is 48.2 Å². The smallest absolute Gasteiger partial charge is 0.329 e. The maximum Gasteiger partial charge on any atom is 0.329 e. The normalized spacial score (nSPS) is 18.9. The molecule has 8 heteroatoms. The standard InChI is InChI=1S/C25H30N2O6/c1-16(26-24(30)19-13-20(28)14-19)23(29)27-22(12-17-8-10-21(32-2)11-9-17)25(31)33-15-18-6-4-3-5-7-18/h3-11,16,19-20,22,28H,12-15H2,1-2H3,(H,26,30)(H,27,29)/t16-,19?,20?,22+/m1/s1. The lowest BCUT2D eigenvalue weighted by Crippen LogP contribution is -2.53. The van der Waals surface area contributed by atoms with Crippen LogP contribution in [0.3, 0.4) is 0 Å². The van der Waals surface area contributed by atoms with Crippen molar-refractivity contribution in [1.29, 1.82) is 0 Å². The molecule has 0 unspecified atom stereocenters. The lowest BCUT2D eigenvalue weighted by molar-refractivity contribution is -0.149. The maximum atomic E-state index is 12.8. The molecule has 0 heterocycles. The molecule has 2 amide bonds. The first-order chi connectivity index (χ1) is 15.9. The number of esters is 1. The SMILES string of the molecule is COc1ccc(C[C@H](NC(=O)[C@@H](C)NC(=O)C2CC(O)C2)C(=O)OCc2ccccc2)cc1. The fourth-order valence-electron chi connectivity index (χ4n) is 3.52. The number of rotatable bonds is 10. The molecule has 33 heavy (non-hydrogen) atoms. The van der Waals surface area contributed by atoms with Crippen molar-refractivity contribution in [3.8, 4) is 5.75 Å². The summed E-state index contributed by atoms with van der Waals surface area (Å²) in [5.41, 5.74) is 1.65. The first-order valence-corrected chi connectivity index (χ1v) is 11.0. The Kier molecular flexibility index (Phi) is 8.43. The van der Waals surface area contributed by atoms with Gasteiger partial charge in [-0.05, 0) is 43.0 Å². The highest BCUT2D eigenvalue weighted by atomic mass is 16.5. The van der Waals surface area contributed by atoms with Gasteiger partial charge in [-0.3, -0.25) is 9.59 Å². The van der Waals surface area contributed by atoms with Gasteiger partial charge in [0.1, 0.15) is 24.4 Å². The summed E-state index contributed by atoms with van der Waals surface area (Å²) >= 11 is 0. The lowest BCUT2D eigenvalue weighted by Gasteiger charge is -2.31. The molecule has 176 valence electrons. The highest BCUT2D eigenvalue weighted by Gasteiger charge is 2.34. The Morgan fingerprint density at radius 1 is 1.00 bits per heavy atom. The van der Waals surface area contributed by atoms with Crippen LogP contribution in [0, 0.1) is 5.92 Å². The average Bonchev–Trinajstić information content (AvgIpc) is 2.81. The molecule has 0 aromatic heterocycles. The average molecular weight is 455 g/mol. The Morgan fingerprint density at radius 3 is 2.27 bits per heavy atom. The molecule has 1 aliphatic rings. The number of hydrogen-bond acceptors (Lipinski definition) is 6. The van der Waals surface area contributed by atoms with Gasteiger partial charge in [-0.15, -0.1) is 0 Å². The van der Waals surface area contributed by atoms with Crippen LogP contribution in [0.2, 0.25) is 0 Å². The summed E-state index contributed by atoms with van der Waals surface area (Å²) in [7, 11) is 1.57. The number of methoxy groups -OCH3 is 1. The van der Waals surface area contributed by atoms with E-state index in [2.05, 4.69) is 10.6 Å². The summed E-state index contributed by atoms with van der Waals surface area (Å²) in [5, 5.41) is 14.7. The molecular weight excluding hydrogens is 424 g/mol. The van der Waals surface area contributed by atoms with Gasteiger partial charge in [-0.25, -0.2) is 4.79 Å². The van der Waals surface area contributed by atoms with Gasteiger partial charge in [0.25, 0.3) is 0 Å². The molecule has 8 nitrogen and oxygen atoms in total. The Morgan fingerprint density at radius 2 is 1.67 bits per heavy atom.